The molecule has 0 amide bonds. The van der Waals surface area contributed by atoms with E-state index in [4.69, 9.17) is 20.0 Å². The van der Waals surface area contributed by atoms with Gasteiger partial charge in [0.25, 0.3) is 0 Å². The minimum Gasteiger partial charge on any atom is -0.493 e. The number of hydrogen-bond acceptors (Lipinski definition) is 4. The van der Waals surface area contributed by atoms with Gasteiger partial charge in [-0.15, -0.1) is 0 Å². The third kappa shape index (κ3) is 3.04. The van der Waals surface area contributed by atoms with Crippen LogP contribution in [0.3, 0.4) is 0 Å². The van der Waals surface area contributed by atoms with Gasteiger partial charge in [-0.05, 0) is 23.8 Å². The van der Waals surface area contributed by atoms with Crippen LogP contribution < -0.4 is 9.47 Å². The lowest BCUT2D eigenvalue weighted by atomic mass is 10.2. The van der Waals surface area contributed by atoms with Crippen molar-refractivity contribution in [3.05, 3.63) is 29.8 Å². The standard InChI is InChI=1S/C12H10N2O2/c1-15-12-9-10(3-2-6-13)4-5-11(12)16-8-7-14/h2-5,9H,8H2,1H3. The van der Waals surface area contributed by atoms with Crippen LogP contribution in [0.2, 0.25) is 0 Å². The van der Waals surface area contributed by atoms with Crippen molar-refractivity contribution in [3.63, 3.8) is 0 Å². The van der Waals surface area contributed by atoms with E-state index in [0.717, 1.165) is 5.56 Å². The first kappa shape index (κ1) is 11.6. The number of ether oxygens (including phenoxy) is 2. The summed E-state index contributed by atoms with van der Waals surface area (Å²) in [5, 5.41) is 16.8. The average molecular weight is 214 g/mol. The molecule has 1 rings (SSSR count). The highest BCUT2D eigenvalue weighted by Crippen LogP contribution is 2.28. The maximum Gasteiger partial charge on any atom is 0.174 e. The molecule has 0 aliphatic heterocycles. The second-order valence-corrected chi connectivity index (χ2v) is 2.82. The first-order valence-electron chi connectivity index (χ1n) is 4.55. The Bertz CT molecular complexity index is 467. The summed E-state index contributed by atoms with van der Waals surface area (Å²) in [4.78, 5) is 0. The van der Waals surface area contributed by atoms with E-state index < -0.39 is 0 Å². The normalized spacial score (nSPS) is 9.44. The third-order valence-electron chi connectivity index (χ3n) is 1.83. The molecule has 0 N–H and O–H groups in total. The topological polar surface area (TPSA) is 66.0 Å². The molecule has 0 saturated heterocycles. The number of nitriles is 2. The first-order chi connectivity index (χ1) is 7.81. The summed E-state index contributed by atoms with van der Waals surface area (Å²) in [6.07, 6.45) is 3.04. The molecule has 0 spiro atoms. The van der Waals surface area contributed by atoms with E-state index >= 15 is 0 Å². The minimum atomic E-state index is -0.0241. The molecule has 0 fully saturated rings. The average Bonchev–Trinajstić information content (AvgIpc) is 2.34. The van der Waals surface area contributed by atoms with Crippen LogP contribution in [0.4, 0.5) is 0 Å². The van der Waals surface area contributed by atoms with Gasteiger partial charge in [0.2, 0.25) is 0 Å². The summed E-state index contributed by atoms with van der Waals surface area (Å²) >= 11 is 0. The fourth-order valence-corrected chi connectivity index (χ4v) is 1.15. The fraction of sp³-hybridized carbons (Fsp3) is 0.167. The summed E-state index contributed by atoms with van der Waals surface area (Å²) in [7, 11) is 1.52. The summed E-state index contributed by atoms with van der Waals surface area (Å²) in [6, 6.07) is 9.01. The van der Waals surface area contributed by atoms with Gasteiger partial charge in [-0.25, -0.2) is 0 Å². The van der Waals surface area contributed by atoms with Crippen LogP contribution in [0.15, 0.2) is 24.3 Å². The summed E-state index contributed by atoms with van der Waals surface area (Å²) in [5.41, 5.74) is 0.836. The van der Waals surface area contributed by atoms with E-state index in [0.29, 0.717) is 11.5 Å². The molecule has 1 aromatic rings. The lowest BCUT2D eigenvalue weighted by Gasteiger charge is -2.08. The summed E-state index contributed by atoms with van der Waals surface area (Å²) in [5.74, 6) is 1.05. The molecular formula is C12H10N2O2. The van der Waals surface area contributed by atoms with E-state index in [1.807, 2.05) is 12.1 Å². The predicted octanol–water partition coefficient (Wildman–Crippen LogP) is 2.13. The molecule has 0 aliphatic rings. The van der Waals surface area contributed by atoms with Gasteiger partial charge in [0.1, 0.15) is 6.07 Å². The number of allylic oxidation sites excluding steroid dienone is 1. The van der Waals surface area contributed by atoms with Crippen molar-refractivity contribution in [2.45, 2.75) is 0 Å². The molecular weight excluding hydrogens is 204 g/mol. The summed E-state index contributed by atoms with van der Waals surface area (Å²) in [6.45, 7) is -0.0241. The van der Waals surface area contributed by atoms with Crippen LogP contribution in [0.25, 0.3) is 6.08 Å². The maximum atomic E-state index is 8.40. The highest BCUT2D eigenvalue weighted by Gasteiger charge is 2.03. The first-order valence-corrected chi connectivity index (χ1v) is 4.55. The molecule has 0 heterocycles. The van der Waals surface area contributed by atoms with Gasteiger partial charge in [0, 0.05) is 6.08 Å². The van der Waals surface area contributed by atoms with Crippen molar-refractivity contribution in [3.8, 4) is 23.6 Å². The Balaban J connectivity index is 2.94. The van der Waals surface area contributed by atoms with E-state index in [9.17, 15) is 0 Å². The molecule has 0 atom stereocenters. The Morgan fingerprint density at radius 1 is 1.31 bits per heavy atom. The predicted molar refractivity (Wildman–Crippen MR) is 58.7 cm³/mol. The lowest BCUT2D eigenvalue weighted by Crippen LogP contribution is -1.96. The van der Waals surface area contributed by atoms with Crippen molar-refractivity contribution in [1.82, 2.24) is 0 Å². The van der Waals surface area contributed by atoms with Crippen molar-refractivity contribution in [2.24, 2.45) is 0 Å². The molecule has 0 aromatic heterocycles. The van der Waals surface area contributed by atoms with Crippen molar-refractivity contribution in [2.75, 3.05) is 13.7 Å². The lowest BCUT2D eigenvalue weighted by molar-refractivity contribution is 0.329. The SMILES string of the molecule is COc1cc(C=CC#N)ccc1OCC#N. The Kier molecular flexibility index (Phi) is 4.43. The van der Waals surface area contributed by atoms with Crippen molar-refractivity contribution >= 4 is 6.08 Å². The highest BCUT2D eigenvalue weighted by molar-refractivity contribution is 5.57. The smallest absolute Gasteiger partial charge is 0.174 e. The largest absolute Gasteiger partial charge is 0.493 e. The van der Waals surface area contributed by atoms with Gasteiger partial charge in [-0.2, -0.15) is 10.5 Å². The molecule has 0 saturated carbocycles. The Morgan fingerprint density at radius 2 is 2.12 bits per heavy atom. The van der Waals surface area contributed by atoms with Gasteiger partial charge in [0.05, 0.1) is 13.2 Å². The molecule has 4 heteroatoms. The quantitative estimate of drug-likeness (QED) is 0.720. The van der Waals surface area contributed by atoms with Gasteiger partial charge in [0.15, 0.2) is 18.1 Å². The van der Waals surface area contributed by atoms with Crippen LogP contribution in [-0.4, -0.2) is 13.7 Å². The number of nitrogens with zero attached hydrogens (tertiary/aromatic N) is 2. The molecule has 0 bridgehead atoms. The molecule has 4 nitrogen and oxygen atoms in total. The van der Waals surface area contributed by atoms with Crippen LogP contribution in [0, 0.1) is 22.7 Å². The fourth-order valence-electron chi connectivity index (χ4n) is 1.15. The Labute approximate surface area is 93.9 Å². The molecule has 0 aliphatic carbocycles. The van der Waals surface area contributed by atoms with Gasteiger partial charge in [-0.1, -0.05) is 6.07 Å². The monoisotopic (exact) mass is 214 g/mol. The van der Waals surface area contributed by atoms with Crippen molar-refractivity contribution in [1.29, 1.82) is 10.5 Å². The van der Waals surface area contributed by atoms with Crippen LogP contribution in [0.5, 0.6) is 11.5 Å². The molecule has 0 radical (unpaired) electrons. The number of hydrogen-bond donors (Lipinski definition) is 0. The summed E-state index contributed by atoms with van der Waals surface area (Å²) < 4.78 is 10.3. The molecule has 0 unspecified atom stereocenters. The number of benzene rings is 1. The van der Waals surface area contributed by atoms with E-state index in [1.54, 1.807) is 24.3 Å². The zero-order chi connectivity index (χ0) is 11.8. The van der Waals surface area contributed by atoms with Crippen molar-refractivity contribution < 1.29 is 9.47 Å². The van der Waals surface area contributed by atoms with Crippen LogP contribution in [-0.2, 0) is 0 Å². The van der Waals surface area contributed by atoms with Gasteiger partial charge >= 0.3 is 0 Å². The Hall–Kier alpha value is -2.46. The maximum absolute atomic E-state index is 8.40. The van der Waals surface area contributed by atoms with Crippen LogP contribution >= 0.6 is 0 Å². The Morgan fingerprint density at radius 3 is 2.75 bits per heavy atom. The van der Waals surface area contributed by atoms with Crippen LogP contribution in [0.1, 0.15) is 5.56 Å². The van der Waals surface area contributed by atoms with E-state index in [1.165, 1.54) is 13.2 Å². The molecule has 80 valence electrons. The second-order valence-electron chi connectivity index (χ2n) is 2.82. The zero-order valence-electron chi connectivity index (χ0n) is 8.80. The zero-order valence-corrected chi connectivity index (χ0v) is 8.80. The van der Waals surface area contributed by atoms with E-state index in [-0.39, 0.29) is 6.61 Å². The number of rotatable bonds is 4. The highest BCUT2D eigenvalue weighted by atomic mass is 16.5. The van der Waals surface area contributed by atoms with E-state index in [2.05, 4.69) is 0 Å². The third-order valence-corrected chi connectivity index (χ3v) is 1.83. The van der Waals surface area contributed by atoms with Gasteiger partial charge < -0.3 is 9.47 Å². The number of methoxy groups -OCH3 is 1. The molecule has 16 heavy (non-hydrogen) atoms. The minimum absolute atomic E-state index is 0.0241. The molecule has 1 aromatic carbocycles. The second kappa shape index (κ2) is 6.10. The van der Waals surface area contributed by atoms with Gasteiger partial charge in [-0.3, -0.25) is 0 Å².